The molecule has 7 heteroatoms. The van der Waals surface area contributed by atoms with Crippen LogP contribution >= 0.6 is 27.7 Å². The molecule has 0 saturated heterocycles. The second kappa shape index (κ2) is 6.73. The van der Waals surface area contributed by atoms with E-state index in [0.29, 0.717) is 10.0 Å². The number of halogens is 1. The number of carbonyl (C=O) groups is 1. The van der Waals surface area contributed by atoms with E-state index in [0.717, 1.165) is 9.79 Å². The molecule has 0 saturated carbocycles. The van der Waals surface area contributed by atoms with E-state index >= 15 is 0 Å². The Morgan fingerprint density at radius 3 is 2.38 bits per heavy atom. The number of benzene rings is 2. The molecule has 0 aliphatic carbocycles. The largest absolute Gasteiger partial charge is 0.481 e. The maximum absolute atomic E-state index is 10.9. The van der Waals surface area contributed by atoms with Gasteiger partial charge in [0.1, 0.15) is 0 Å². The van der Waals surface area contributed by atoms with Crippen molar-refractivity contribution >= 4 is 39.3 Å². The predicted molar refractivity (Wildman–Crippen MR) is 82.7 cm³/mol. The minimum Gasteiger partial charge on any atom is -0.481 e. The van der Waals surface area contributed by atoms with Gasteiger partial charge >= 0.3 is 5.97 Å². The molecule has 108 valence electrons. The van der Waals surface area contributed by atoms with Crippen molar-refractivity contribution in [3.63, 3.8) is 0 Å². The molecule has 0 aliphatic heterocycles. The quantitative estimate of drug-likeness (QED) is 0.634. The van der Waals surface area contributed by atoms with Crippen LogP contribution in [0.25, 0.3) is 0 Å². The molecule has 2 aromatic carbocycles. The molecule has 0 amide bonds. The van der Waals surface area contributed by atoms with Crippen molar-refractivity contribution in [2.75, 3.05) is 0 Å². The normalized spacial score (nSPS) is 10.3. The Hall–Kier alpha value is -1.86. The van der Waals surface area contributed by atoms with Gasteiger partial charge in [-0.25, -0.2) is 0 Å². The van der Waals surface area contributed by atoms with Gasteiger partial charge in [0.15, 0.2) is 0 Å². The first kappa shape index (κ1) is 15.5. The van der Waals surface area contributed by atoms with Gasteiger partial charge in [0.05, 0.1) is 15.8 Å². The average molecular weight is 368 g/mol. The van der Waals surface area contributed by atoms with E-state index in [1.54, 1.807) is 36.4 Å². The van der Waals surface area contributed by atoms with Crippen LogP contribution in [-0.2, 0) is 11.2 Å². The summed E-state index contributed by atoms with van der Waals surface area (Å²) in [6, 6.07) is 12.0. The summed E-state index contributed by atoms with van der Waals surface area (Å²) in [4.78, 5) is 22.7. The van der Waals surface area contributed by atoms with E-state index in [2.05, 4.69) is 15.9 Å². The van der Waals surface area contributed by atoms with Gasteiger partial charge < -0.3 is 5.11 Å². The third-order valence-electron chi connectivity index (χ3n) is 2.63. The van der Waals surface area contributed by atoms with Crippen LogP contribution in [0.15, 0.2) is 56.7 Å². The fourth-order valence-electron chi connectivity index (χ4n) is 1.68. The highest BCUT2D eigenvalue weighted by molar-refractivity contribution is 9.10. The van der Waals surface area contributed by atoms with Crippen LogP contribution in [0.2, 0.25) is 0 Å². The molecule has 0 heterocycles. The molecule has 0 aromatic heterocycles. The van der Waals surface area contributed by atoms with Crippen LogP contribution in [0.3, 0.4) is 0 Å². The van der Waals surface area contributed by atoms with Crippen molar-refractivity contribution in [1.82, 2.24) is 0 Å². The van der Waals surface area contributed by atoms with Crippen molar-refractivity contribution in [2.24, 2.45) is 0 Å². The SMILES string of the molecule is O=C(O)Cc1ccc(Sc2ccc(Br)c([N+](=O)[O-])c2)cc1. The number of nitro benzene ring substituents is 1. The van der Waals surface area contributed by atoms with E-state index in [1.807, 2.05) is 0 Å². The van der Waals surface area contributed by atoms with E-state index in [1.165, 1.54) is 17.8 Å². The second-order valence-electron chi connectivity index (χ2n) is 4.19. The number of rotatable bonds is 5. The molecule has 0 aliphatic rings. The number of hydrogen-bond donors (Lipinski definition) is 1. The number of nitrogens with zero attached hydrogens (tertiary/aromatic N) is 1. The van der Waals surface area contributed by atoms with Gasteiger partial charge in [-0.2, -0.15) is 0 Å². The zero-order chi connectivity index (χ0) is 15.4. The Balaban J connectivity index is 2.16. The van der Waals surface area contributed by atoms with Crippen LogP contribution < -0.4 is 0 Å². The lowest BCUT2D eigenvalue weighted by atomic mass is 10.2. The number of aliphatic carboxylic acids is 1. The lowest BCUT2D eigenvalue weighted by molar-refractivity contribution is -0.385. The number of nitro groups is 1. The maximum atomic E-state index is 10.9. The first-order valence-electron chi connectivity index (χ1n) is 5.88. The van der Waals surface area contributed by atoms with Crippen LogP contribution in [0, 0.1) is 10.1 Å². The smallest absolute Gasteiger partial charge is 0.307 e. The van der Waals surface area contributed by atoms with Crippen molar-refractivity contribution < 1.29 is 14.8 Å². The summed E-state index contributed by atoms with van der Waals surface area (Å²) < 4.78 is 0.439. The molecule has 0 fully saturated rings. The minimum absolute atomic E-state index is 0.0162. The molecule has 2 rings (SSSR count). The molecule has 1 N–H and O–H groups in total. The van der Waals surface area contributed by atoms with Gasteiger partial charge in [0.25, 0.3) is 5.69 Å². The lowest BCUT2D eigenvalue weighted by Crippen LogP contribution is -1.99. The molecular formula is C14H10BrNO4S. The highest BCUT2D eigenvalue weighted by Gasteiger charge is 2.12. The lowest BCUT2D eigenvalue weighted by Gasteiger charge is -2.04. The van der Waals surface area contributed by atoms with Crippen molar-refractivity contribution in [3.8, 4) is 0 Å². The van der Waals surface area contributed by atoms with E-state index in [4.69, 9.17) is 5.11 Å². The molecule has 2 aromatic rings. The fraction of sp³-hybridized carbons (Fsp3) is 0.0714. The summed E-state index contributed by atoms with van der Waals surface area (Å²) in [5.41, 5.74) is 0.733. The van der Waals surface area contributed by atoms with Crippen molar-refractivity contribution in [3.05, 3.63) is 62.6 Å². The van der Waals surface area contributed by atoms with Crippen LogP contribution in [0.5, 0.6) is 0 Å². The monoisotopic (exact) mass is 367 g/mol. The molecule has 0 spiro atoms. The zero-order valence-electron chi connectivity index (χ0n) is 10.7. The van der Waals surface area contributed by atoms with Crippen molar-refractivity contribution in [2.45, 2.75) is 16.2 Å². The molecular weight excluding hydrogens is 358 g/mol. The molecule has 0 unspecified atom stereocenters. The van der Waals surface area contributed by atoms with Gasteiger partial charge in [0.2, 0.25) is 0 Å². The second-order valence-corrected chi connectivity index (χ2v) is 6.19. The third-order valence-corrected chi connectivity index (χ3v) is 4.30. The average Bonchev–Trinajstić information content (AvgIpc) is 2.42. The van der Waals surface area contributed by atoms with Crippen LogP contribution in [0.4, 0.5) is 5.69 Å². The molecule has 0 atom stereocenters. The number of carboxylic acids is 1. The summed E-state index contributed by atoms with van der Waals surface area (Å²) >= 11 is 4.53. The Kier molecular flexibility index (Phi) is 4.98. The van der Waals surface area contributed by atoms with Crippen LogP contribution in [0.1, 0.15) is 5.56 Å². The van der Waals surface area contributed by atoms with Gasteiger partial charge in [-0.05, 0) is 45.8 Å². The first-order chi connectivity index (χ1) is 9.95. The Labute approximate surface area is 133 Å². The van der Waals surface area contributed by atoms with Crippen LogP contribution in [-0.4, -0.2) is 16.0 Å². The predicted octanol–water partition coefficient (Wildman–Crippen LogP) is 4.14. The fourth-order valence-corrected chi connectivity index (χ4v) is 2.92. The Morgan fingerprint density at radius 2 is 1.81 bits per heavy atom. The van der Waals surface area contributed by atoms with Gasteiger partial charge in [-0.15, -0.1) is 0 Å². The van der Waals surface area contributed by atoms with E-state index in [-0.39, 0.29) is 12.1 Å². The minimum atomic E-state index is -0.876. The number of carboxylic acid groups (broad SMARTS) is 1. The summed E-state index contributed by atoms with van der Waals surface area (Å²) in [7, 11) is 0. The Bertz CT molecular complexity index is 688. The van der Waals surface area contributed by atoms with Gasteiger partial charge in [-0.1, -0.05) is 23.9 Å². The molecule has 5 nitrogen and oxygen atoms in total. The maximum Gasteiger partial charge on any atom is 0.307 e. The van der Waals surface area contributed by atoms with E-state index in [9.17, 15) is 14.9 Å². The summed E-state index contributed by atoms with van der Waals surface area (Å²) in [5.74, 6) is -0.876. The zero-order valence-corrected chi connectivity index (χ0v) is 13.1. The standard InChI is InChI=1S/C14H10BrNO4S/c15-12-6-5-11(8-13(12)16(19)20)21-10-3-1-9(2-4-10)7-14(17)18/h1-6,8H,7H2,(H,17,18). The highest BCUT2D eigenvalue weighted by atomic mass is 79.9. The number of hydrogen-bond acceptors (Lipinski definition) is 4. The third kappa shape index (κ3) is 4.30. The van der Waals surface area contributed by atoms with Gasteiger partial charge in [0, 0.05) is 15.9 Å². The van der Waals surface area contributed by atoms with E-state index < -0.39 is 10.9 Å². The summed E-state index contributed by atoms with van der Waals surface area (Å²) in [5, 5.41) is 19.6. The summed E-state index contributed by atoms with van der Waals surface area (Å²) in [6.07, 6.45) is -0.0191. The highest BCUT2D eigenvalue weighted by Crippen LogP contribution is 2.33. The first-order valence-corrected chi connectivity index (χ1v) is 7.49. The summed E-state index contributed by atoms with van der Waals surface area (Å²) in [6.45, 7) is 0. The van der Waals surface area contributed by atoms with Gasteiger partial charge in [-0.3, -0.25) is 14.9 Å². The Morgan fingerprint density at radius 1 is 1.19 bits per heavy atom. The van der Waals surface area contributed by atoms with Crippen molar-refractivity contribution in [1.29, 1.82) is 0 Å². The molecule has 0 radical (unpaired) electrons. The topological polar surface area (TPSA) is 80.4 Å². The molecule has 0 bridgehead atoms. The molecule has 21 heavy (non-hydrogen) atoms.